The van der Waals surface area contributed by atoms with Crippen molar-refractivity contribution in [3.63, 3.8) is 0 Å². The minimum absolute atomic E-state index is 0.111. The first-order chi connectivity index (χ1) is 12.1. The number of halogens is 3. The third-order valence-corrected chi connectivity index (χ3v) is 4.54. The van der Waals surface area contributed by atoms with Crippen LogP contribution < -0.4 is 0 Å². The molecule has 0 radical (unpaired) electrons. The maximum atomic E-state index is 13.3. The van der Waals surface area contributed by atoms with Gasteiger partial charge >= 0.3 is 0 Å². The number of rotatable bonds is 5. The van der Waals surface area contributed by atoms with Crippen LogP contribution in [-0.4, -0.2) is 32.7 Å². The molecule has 4 nitrogen and oxygen atoms in total. The fraction of sp³-hybridized carbons (Fsp3) is 0.667. The van der Waals surface area contributed by atoms with E-state index in [1.165, 1.54) is 0 Å². The maximum Gasteiger partial charge on any atom is 0.194 e. The van der Waals surface area contributed by atoms with Crippen LogP contribution in [0.25, 0.3) is 0 Å². The van der Waals surface area contributed by atoms with Gasteiger partial charge in [-0.05, 0) is 18.6 Å². The van der Waals surface area contributed by atoms with E-state index in [1.807, 2.05) is 0 Å². The number of ether oxygens (including phenoxy) is 4. The Kier molecular flexibility index (Phi) is 6.33. The highest BCUT2D eigenvalue weighted by Crippen LogP contribution is 2.30. The van der Waals surface area contributed by atoms with Crippen LogP contribution in [0.4, 0.5) is 13.2 Å². The first-order valence-corrected chi connectivity index (χ1v) is 8.69. The molecule has 2 saturated heterocycles. The zero-order chi connectivity index (χ0) is 17.8. The van der Waals surface area contributed by atoms with E-state index in [2.05, 4.69) is 6.92 Å². The highest BCUT2D eigenvalue weighted by molar-refractivity contribution is 5.20. The average molecular weight is 360 g/mol. The molecule has 0 spiro atoms. The summed E-state index contributed by atoms with van der Waals surface area (Å²) in [5.41, 5.74) is 0.111. The number of hydrogen-bond donors (Lipinski definition) is 0. The fourth-order valence-electron chi connectivity index (χ4n) is 3.07. The van der Waals surface area contributed by atoms with E-state index in [-0.39, 0.29) is 24.7 Å². The Bertz CT molecular complexity index is 544. The quantitative estimate of drug-likeness (QED) is 0.745. The maximum absolute atomic E-state index is 13.3. The van der Waals surface area contributed by atoms with Crippen LogP contribution in [0.5, 0.6) is 0 Å². The summed E-state index contributed by atoms with van der Waals surface area (Å²) in [5.74, 6) is -3.72. The fourth-order valence-corrected chi connectivity index (χ4v) is 3.07. The smallest absolute Gasteiger partial charge is 0.194 e. The van der Waals surface area contributed by atoms with Crippen LogP contribution in [0.15, 0.2) is 12.1 Å². The zero-order valence-corrected chi connectivity index (χ0v) is 14.2. The summed E-state index contributed by atoms with van der Waals surface area (Å²) in [5, 5.41) is 0. The highest BCUT2D eigenvalue weighted by atomic mass is 19.2. The molecule has 1 aromatic rings. The van der Waals surface area contributed by atoms with Gasteiger partial charge in [-0.3, -0.25) is 0 Å². The summed E-state index contributed by atoms with van der Waals surface area (Å²) in [6.45, 7) is 4.00. The summed E-state index contributed by atoms with van der Waals surface area (Å²) in [6.07, 6.45) is 2.06. The molecule has 2 heterocycles. The molecular weight excluding hydrogens is 337 g/mol. The van der Waals surface area contributed by atoms with Crippen LogP contribution in [0.3, 0.4) is 0 Å². The van der Waals surface area contributed by atoms with Gasteiger partial charge in [0.05, 0.1) is 32.3 Å². The summed E-state index contributed by atoms with van der Waals surface area (Å²) >= 11 is 0. The lowest BCUT2D eigenvalue weighted by molar-refractivity contribution is -0.283. The van der Waals surface area contributed by atoms with E-state index in [1.54, 1.807) is 0 Å². The summed E-state index contributed by atoms with van der Waals surface area (Å²) in [7, 11) is 0. The molecule has 25 heavy (non-hydrogen) atoms. The standard InChI is InChI=1S/C18H23F3O4/c1-2-3-4-11-7-22-18(23-8-11)13-9-24-17(25-10-13)12-5-14(19)16(21)15(20)6-12/h5-6,11,13,17-18H,2-4,7-10H2,1H3. The molecule has 2 fully saturated rings. The summed E-state index contributed by atoms with van der Waals surface area (Å²) in [4.78, 5) is 0. The molecule has 2 aliphatic rings. The van der Waals surface area contributed by atoms with Crippen molar-refractivity contribution in [3.8, 4) is 0 Å². The van der Waals surface area contributed by atoms with E-state index in [4.69, 9.17) is 18.9 Å². The van der Waals surface area contributed by atoms with Gasteiger partial charge in [0.1, 0.15) is 0 Å². The Morgan fingerprint density at radius 3 is 2.08 bits per heavy atom. The topological polar surface area (TPSA) is 36.9 Å². The van der Waals surface area contributed by atoms with Crippen LogP contribution in [0.1, 0.15) is 38.0 Å². The van der Waals surface area contributed by atoms with Gasteiger partial charge in [-0.1, -0.05) is 19.8 Å². The van der Waals surface area contributed by atoms with E-state index in [0.29, 0.717) is 19.1 Å². The summed E-state index contributed by atoms with van der Waals surface area (Å²) < 4.78 is 62.3. The van der Waals surface area contributed by atoms with E-state index in [0.717, 1.165) is 31.4 Å². The van der Waals surface area contributed by atoms with E-state index in [9.17, 15) is 13.2 Å². The molecule has 0 atom stereocenters. The van der Waals surface area contributed by atoms with Crippen LogP contribution >= 0.6 is 0 Å². The molecule has 0 aliphatic carbocycles. The van der Waals surface area contributed by atoms with Crippen molar-refractivity contribution in [1.82, 2.24) is 0 Å². The highest BCUT2D eigenvalue weighted by Gasteiger charge is 2.34. The van der Waals surface area contributed by atoms with Gasteiger partial charge in [-0.15, -0.1) is 0 Å². The zero-order valence-electron chi connectivity index (χ0n) is 14.2. The second-order valence-corrected chi connectivity index (χ2v) is 6.60. The molecule has 7 heteroatoms. The monoisotopic (exact) mass is 360 g/mol. The molecule has 0 N–H and O–H groups in total. The van der Waals surface area contributed by atoms with Crippen molar-refractivity contribution in [3.05, 3.63) is 35.1 Å². The molecule has 0 bridgehead atoms. The van der Waals surface area contributed by atoms with Gasteiger partial charge in [0, 0.05) is 11.5 Å². The van der Waals surface area contributed by atoms with Gasteiger partial charge in [-0.2, -0.15) is 0 Å². The Hall–Kier alpha value is -1.15. The SMILES string of the molecule is CCCCC1COC(C2COC(c3cc(F)c(F)c(F)c3)OC2)OC1. The van der Waals surface area contributed by atoms with Crippen molar-refractivity contribution < 1.29 is 32.1 Å². The third kappa shape index (κ3) is 4.53. The number of benzene rings is 1. The Morgan fingerprint density at radius 2 is 1.52 bits per heavy atom. The second kappa shape index (κ2) is 8.49. The Balaban J connectivity index is 1.49. The molecule has 0 unspecified atom stereocenters. The second-order valence-electron chi connectivity index (χ2n) is 6.60. The normalized spacial score (nSPS) is 30.4. The van der Waals surface area contributed by atoms with Crippen molar-refractivity contribution in [2.24, 2.45) is 11.8 Å². The van der Waals surface area contributed by atoms with Gasteiger partial charge < -0.3 is 18.9 Å². The molecule has 0 saturated carbocycles. The first-order valence-electron chi connectivity index (χ1n) is 8.69. The van der Waals surface area contributed by atoms with Gasteiger partial charge in [-0.25, -0.2) is 13.2 Å². The number of hydrogen-bond acceptors (Lipinski definition) is 4. The summed E-state index contributed by atoms with van der Waals surface area (Å²) in [6, 6.07) is 1.77. The van der Waals surface area contributed by atoms with Crippen LogP contribution in [-0.2, 0) is 18.9 Å². The van der Waals surface area contributed by atoms with E-state index >= 15 is 0 Å². The van der Waals surface area contributed by atoms with Gasteiger partial charge in [0.15, 0.2) is 30.0 Å². The molecule has 2 aliphatic heterocycles. The lowest BCUT2D eigenvalue weighted by Crippen LogP contribution is -2.43. The average Bonchev–Trinajstić information content (AvgIpc) is 2.64. The van der Waals surface area contributed by atoms with Crippen LogP contribution in [0, 0.1) is 29.3 Å². The first kappa shape index (κ1) is 18.6. The third-order valence-electron chi connectivity index (χ3n) is 4.54. The van der Waals surface area contributed by atoms with Crippen molar-refractivity contribution in [1.29, 1.82) is 0 Å². The Labute approximate surface area is 145 Å². The molecule has 140 valence electrons. The number of unbranched alkanes of at least 4 members (excludes halogenated alkanes) is 1. The van der Waals surface area contributed by atoms with Crippen molar-refractivity contribution in [2.75, 3.05) is 26.4 Å². The van der Waals surface area contributed by atoms with E-state index < -0.39 is 30.0 Å². The lowest BCUT2D eigenvalue weighted by Gasteiger charge is -2.37. The van der Waals surface area contributed by atoms with Gasteiger partial charge in [0.25, 0.3) is 0 Å². The molecular formula is C18H23F3O4. The Morgan fingerprint density at radius 1 is 0.920 bits per heavy atom. The molecule has 0 aromatic heterocycles. The van der Waals surface area contributed by atoms with Crippen molar-refractivity contribution >= 4 is 0 Å². The molecule has 0 amide bonds. The minimum Gasteiger partial charge on any atom is -0.352 e. The predicted molar refractivity (Wildman–Crippen MR) is 83.2 cm³/mol. The largest absolute Gasteiger partial charge is 0.352 e. The predicted octanol–water partition coefficient (Wildman–Crippen LogP) is 3.94. The lowest BCUT2D eigenvalue weighted by atomic mass is 10.0. The molecule has 1 aromatic carbocycles. The van der Waals surface area contributed by atoms with Crippen LogP contribution in [0.2, 0.25) is 0 Å². The van der Waals surface area contributed by atoms with Crippen molar-refractivity contribution in [2.45, 2.75) is 38.8 Å². The molecule has 3 rings (SSSR count). The van der Waals surface area contributed by atoms with Gasteiger partial charge in [0.2, 0.25) is 0 Å². The minimum atomic E-state index is -1.50.